The lowest BCUT2D eigenvalue weighted by molar-refractivity contribution is -0.146. The van der Waals surface area contributed by atoms with Gasteiger partial charge in [0.05, 0.1) is 25.7 Å². The standard InChI is InChI=1S/C12H21NO4/c1-7(2)10(12(15)16-4)13-11(14)9-5-8(3)17-6-9/h7-10H,5-6H2,1-4H3,(H,13,14). The highest BCUT2D eigenvalue weighted by Crippen LogP contribution is 2.19. The number of rotatable bonds is 4. The highest BCUT2D eigenvalue weighted by Gasteiger charge is 2.32. The Balaban J connectivity index is 2.55. The van der Waals surface area contributed by atoms with Gasteiger partial charge in [-0.05, 0) is 19.3 Å². The number of methoxy groups -OCH3 is 1. The highest BCUT2D eigenvalue weighted by atomic mass is 16.5. The Labute approximate surface area is 102 Å². The molecule has 1 rings (SSSR count). The molecule has 0 aromatic rings. The Bertz CT molecular complexity index is 290. The fourth-order valence-electron chi connectivity index (χ4n) is 1.90. The van der Waals surface area contributed by atoms with Gasteiger partial charge in [-0.25, -0.2) is 4.79 Å². The third-order valence-corrected chi connectivity index (χ3v) is 2.99. The predicted octanol–water partition coefficient (Wildman–Crippen LogP) is 0.725. The second kappa shape index (κ2) is 6.00. The van der Waals surface area contributed by atoms with E-state index >= 15 is 0 Å². The molecule has 1 N–H and O–H groups in total. The molecular formula is C12H21NO4. The van der Waals surface area contributed by atoms with Crippen molar-refractivity contribution in [3.05, 3.63) is 0 Å². The normalized spacial score (nSPS) is 25.7. The minimum atomic E-state index is -0.580. The third-order valence-electron chi connectivity index (χ3n) is 2.99. The second-order valence-corrected chi connectivity index (χ2v) is 4.83. The first kappa shape index (κ1) is 14.0. The molecule has 1 amide bonds. The smallest absolute Gasteiger partial charge is 0.328 e. The summed E-state index contributed by atoms with van der Waals surface area (Å²) in [5.41, 5.74) is 0. The fraction of sp³-hybridized carbons (Fsp3) is 0.833. The lowest BCUT2D eigenvalue weighted by Gasteiger charge is -2.21. The quantitative estimate of drug-likeness (QED) is 0.739. The minimum absolute atomic E-state index is 0.00569. The van der Waals surface area contributed by atoms with Crippen LogP contribution in [0.2, 0.25) is 0 Å². The third kappa shape index (κ3) is 3.70. The number of nitrogens with one attached hydrogen (secondary N) is 1. The van der Waals surface area contributed by atoms with Crippen molar-refractivity contribution in [3.63, 3.8) is 0 Å². The molecular weight excluding hydrogens is 222 g/mol. The van der Waals surface area contributed by atoms with Crippen molar-refractivity contribution in [1.29, 1.82) is 0 Å². The van der Waals surface area contributed by atoms with E-state index in [9.17, 15) is 9.59 Å². The van der Waals surface area contributed by atoms with Crippen LogP contribution in [-0.4, -0.2) is 37.7 Å². The molecule has 0 bridgehead atoms. The molecule has 1 heterocycles. The van der Waals surface area contributed by atoms with Gasteiger partial charge in [-0.3, -0.25) is 4.79 Å². The first-order valence-electron chi connectivity index (χ1n) is 5.95. The molecule has 3 atom stereocenters. The van der Waals surface area contributed by atoms with E-state index in [2.05, 4.69) is 10.1 Å². The first-order valence-corrected chi connectivity index (χ1v) is 5.95. The number of hydrogen-bond donors (Lipinski definition) is 1. The van der Waals surface area contributed by atoms with Gasteiger partial charge in [0.1, 0.15) is 6.04 Å². The van der Waals surface area contributed by atoms with Gasteiger partial charge in [-0.1, -0.05) is 13.8 Å². The fourth-order valence-corrected chi connectivity index (χ4v) is 1.90. The van der Waals surface area contributed by atoms with Crippen molar-refractivity contribution in [3.8, 4) is 0 Å². The maximum atomic E-state index is 11.9. The van der Waals surface area contributed by atoms with Crippen molar-refractivity contribution in [1.82, 2.24) is 5.32 Å². The van der Waals surface area contributed by atoms with Crippen LogP contribution in [0.25, 0.3) is 0 Å². The summed E-state index contributed by atoms with van der Waals surface area (Å²) in [5, 5.41) is 2.74. The Kier molecular flexibility index (Phi) is 4.93. The number of carbonyl (C=O) groups excluding carboxylic acids is 2. The monoisotopic (exact) mass is 243 g/mol. The molecule has 3 unspecified atom stereocenters. The van der Waals surface area contributed by atoms with Crippen LogP contribution >= 0.6 is 0 Å². The number of amides is 1. The predicted molar refractivity (Wildman–Crippen MR) is 62.3 cm³/mol. The van der Waals surface area contributed by atoms with Crippen LogP contribution in [-0.2, 0) is 19.1 Å². The zero-order valence-corrected chi connectivity index (χ0v) is 10.9. The molecule has 1 fully saturated rings. The molecule has 0 aromatic carbocycles. The molecule has 0 saturated carbocycles. The van der Waals surface area contributed by atoms with Crippen LogP contribution in [0, 0.1) is 11.8 Å². The average molecular weight is 243 g/mol. The summed E-state index contributed by atoms with van der Waals surface area (Å²) in [4.78, 5) is 23.4. The molecule has 17 heavy (non-hydrogen) atoms. The maximum Gasteiger partial charge on any atom is 0.328 e. The van der Waals surface area contributed by atoms with Gasteiger partial charge in [0.2, 0.25) is 5.91 Å². The van der Waals surface area contributed by atoms with E-state index in [0.717, 1.165) is 0 Å². The van der Waals surface area contributed by atoms with Gasteiger partial charge in [-0.2, -0.15) is 0 Å². The van der Waals surface area contributed by atoms with Crippen molar-refractivity contribution in [2.24, 2.45) is 11.8 Å². The SMILES string of the molecule is COC(=O)C(NC(=O)C1COC(C)C1)C(C)C. The Morgan fingerprint density at radius 2 is 2.06 bits per heavy atom. The van der Waals surface area contributed by atoms with Crippen molar-refractivity contribution in [2.75, 3.05) is 13.7 Å². The Hall–Kier alpha value is -1.10. The molecule has 0 aliphatic carbocycles. The van der Waals surface area contributed by atoms with Gasteiger partial charge >= 0.3 is 5.97 Å². The average Bonchev–Trinajstić information content (AvgIpc) is 2.71. The summed E-state index contributed by atoms with van der Waals surface area (Å²) in [7, 11) is 1.32. The van der Waals surface area contributed by atoms with E-state index < -0.39 is 12.0 Å². The summed E-state index contributed by atoms with van der Waals surface area (Å²) in [6, 6.07) is -0.580. The van der Waals surface area contributed by atoms with E-state index in [1.54, 1.807) is 0 Å². The van der Waals surface area contributed by atoms with Gasteiger partial charge in [0.15, 0.2) is 0 Å². The first-order chi connectivity index (χ1) is 7.95. The molecule has 0 aromatic heterocycles. The number of hydrogen-bond acceptors (Lipinski definition) is 4. The van der Waals surface area contributed by atoms with Crippen LogP contribution in [0.1, 0.15) is 27.2 Å². The van der Waals surface area contributed by atoms with E-state index in [1.165, 1.54) is 7.11 Å². The molecule has 1 aliphatic heterocycles. The molecule has 0 spiro atoms. The number of ether oxygens (including phenoxy) is 2. The summed E-state index contributed by atoms with van der Waals surface area (Å²) in [6.45, 7) is 6.11. The van der Waals surface area contributed by atoms with Crippen LogP contribution in [0.15, 0.2) is 0 Å². The molecule has 0 radical (unpaired) electrons. The van der Waals surface area contributed by atoms with Gasteiger partial charge in [0, 0.05) is 0 Å². The summed E-state index contributed by atoms with van der Waals surface area (Å²) in [6.07, 6.45) is 0.819. The minimum Gasteiger partial charge on any atom is -0.467 e. The molecule has 98 valence electrons. The molecule has 1 aliphatic rings. The Morgan fingerprint density at radius 1 is 1.41 bits per heavy atom. The second-order valence-electron chi connectivity index (χ2n) is 4.83. The maximum absolute atomic E-state index is 11.9. The molecule has 1 saturated heterocycles. The van der Waals surface area contributed by atoms with Crippen LogP contribution in [0.3, 0.4) is 0 Å². The largest absolute Gasteiger partial charge is 0.467 e. The van der Waals surface area contributed by atoms with Crippen LogP contribution in [0.4, 0.5) is 0 Å². The highest BCUT2D eigenvalue weighted by molar-refractivity contribution is 5.86. The van der Waals surface area contributed by atoms with Gasteiger partial charge in [-0.15, -0.1) is 0 Å². The van der Waals surface area contributed by atoms with Crippen molar-refractivity contribution in [2.45, 2.75) is 39.3 Å². The van der Waals surface area contributed by atoms with Crippen LogP contribution < -0.4 is 5.32 Å². The number of esters is 1. The zero-order chi connectivity index (χ0) is 13.0. The van der Waals surface area contributed by atoms with Crippen LogP contribution in [0.5, 0.6) is 0 Å². The lowest BCUT2D eigenvalue weighted by atomic mass is 10.0. The van der Waals surface area contributed by atoms with Crippen molar-refractivity contribution >= 4 is 11.9 Å². The summed E-state index contributed by atoms with van der Waals surface area (Å²) < 4.78 is 10.0. The Morgan fingerprint density at radius 3 is 2.47 bits per heavy atom. The zero-order valence-electron chi connectivity index (χ0n) is 10.9. The number of carbonyl (C=O) groups is 2. The van der Waals surface area contributed by atoms with Gasteiger partial charge in [0.25, 0.3) is 0 Å². The van der Waals surface area contributed by atoms with E-state index in [0.29, 0.717) is 13.0 Å². The van der Waals surface area contributed by atoms with Crippen molar-refractivity contribution < 1.29 is 19.1 Å². The molecule has 5 heteroatoms. The van der Waals surface area contributed by atoms with E-state index in [-0.39, 0.29) is 23.8 Å². The van der Waals surface area contributed by atoms with Gasteiger partial charge < -0.3 is 14.8 Å². The summed E-state index contributed by atoms with van der Waals surface area (Å²) >= 11 is 0. The van der Waals surface area contributed by atoms with E-state index in [1.807, 2.05) is 20.8 Å². The lowest BCUT2D eigenvalue weighted by Crippen LogP contribution is -2.47. The summed E-state index contributed by atoms with van der Waals surface area (Å²) in [5.74, 6) is -0.680. The topological polar surface area (TPSA) is 64.6 Å². The van der Waals surface area contributed by atoms with E-state index in [4.69, 9.17) is 4.74 Å². The molecule has 5 nitrogen and oxygen atoms in total.